The summed E-state index contributed by atoms with van der Waals surface area (Å²) in [6, 6.07) is 6.31. The molecule has 118 valence electrons. The summed E-state index contributed by atoms with van der Waals surface area (Å²) in [5, 5.41) is 6.33. The average molecular weight is 292 g/mol. The van der Waals surface area contributed by atoms with Crippen molar-refractivity contribution in [3.05, 3.63) is 29.3 Å². The van der Waals surface area contributed by atoms with Crippen LogP contribution in [0.2, 0.25) is 0 Å². The maximum absolute atomic E-state index is 11.8. The fourth-order valence-electron chi connectivity index (χ4n) is 2.17. The molecule has 0 aliphatic carbocycles. The lowest BCUT2D eigenvalue weighted by molar-refractivity contribution is -0.122. The Labute approximate surface area is 128 Å². The van der Waals surface area contributed by atoms with Crippen molar-refractivity contribution in [1.82, 2.24) is 10.6 Å². The van der Waals surface area contributed by atoms with Crippen LogP contribution in [0.25, 0.3) is 0 Å². The van der Waals surface area contributed by atoms with Crippen LogP contribution in [0.3, 0.4) is 0 Å². The Kier molecular flexibility index (Phi) is 6.21. The molecule has 0 aliphatic heterocycles. The van der Waals surface area contributed by atoms with Crippen LogP contribution in [-0.4, -0.2) is 25.1 Å². The van der Waals surface area contributed by atoms with E-state index in [0.29, 0.717) is 13.0 Å². The molecule has 1 aromatic carbocycles. The number of hydrogen-bond acceptors (Lipinski definition) is 3. The molecule has 0 spiro atoms. The Bertz CT molecular complexity index is 478. The molecule has 0 fully saturated rings. The highest BCUT2D eigenvalue weighted by Crippen LogP contribution is 2.25. The van der Waals surface area contributed by atoms with Gasteiger partial charge in [-0.1, -0.05) is 12.1 Å². The summed E-state index contributed by atoms with van der Waals surface area (Å²) in [5.74, 6) is 0.951. The second-order valence-corrected chi connectivity index (χ2v) is 6.47. The number of benzene rings is 1. The third-order valence-corrected chi connectivity index (χ3v) is 3.17. The minimum atomic E-state index is -0.178. The van der Waals surface area contributed by atoms with Crippen LogP contribution < -0.4 is 15.4 Å². The molecule has 0 saturated carbocycles. The zero-order chi connectivity index (χ0) is 16.0. The lowest BCUT2D eigenvalue weighted by atomic mass is 10.0. The topological polar surface area (TPSA) is 50.4 Å². The first-order valence-electron chi connectivity index (χ1n) is 7.42. The maximum atomic E-state index is 11.8. The predicted octanol–water partition coefficient (Wildman–Crippen LogP) is 2.96. The number of ether oxygens (including phenoxy) is 1. The number of aryl methyl sites for hydroxylation is 1. The minimum absolute atomic E-state index is 0.0677. The first kappa shape index (κ1) is 17.5. The van der Waals surface area contributed by atoms with Gasteiger partial charge in [-0.05, 0) is 46.2 Å². The van der Waals surface area contributed by atoms with Gasteiger partial charge in [0, 0.05) is 30.1 Å². The van der Waals surface area contributed by atoms with Gasteiger partial charge in [-0.25, -0.2) is 0 Å². The smallest absolute Gasteiger partial charge is 0.221 e. The number of rotatable bonds is 6. The van der Waals surface area contributed by atoms with Crippen LogP contribution >= 0.6 is 0 Å². The Morgan fingerprint density at radius 1 is 1.33 bits per heavy atom. The van der Waals surface area contributed by atoms with E-state index in [9.17, 15) is 4.79 Å². The van der Waals surface area contributed by atoms with E-state index in [2.05, 4.69) is 29.7 Å². The van der Waals surface area contributed by atoms with E-state index < -0.39 is 0 Å². The van der Waals surface area contributed by atoms with Gasteiger partial charge in [-0.3, -0.25) is 4.79 Å². The molecule has 0 radical (unpaired) electrons. The Morgan fingerprint density at radius 2 is 2.00 bits per heavy atom. The summed E-state index contributed by atoms with van der Waals surface area (Å²) in [4.78, 5) is 11.8. The Hall–Kier alpha value is -1.55. The van der Waals surface area contributed by atoms with Gasteiger partial charge in [0.2, 0.25) is 5.91 Å². The van der Waals surface area contributed by atoms with Gasteiger partial charge in [0.25, 0.3) is 0 Å². The zero-order valence-electron chi connectivity index (χ0n) is 14.0. The van der Waals surface area contributed by atoms with Crippen molar-refractivity contribution in [2.24, 2.45) is 0 Å². The molecule has 0 saturated heterocycles. The molecule has 0 heterocycles. The quantitative estimate of drug-likeness (QED) is 0.847. The molecule has 1 unspecified atom stereocenters. The van der Waals surface area contributed by atoms with Crippen molar-refractivity contribution < 1.29 is 9.53 Å². The van der Waals surface area contributed by atoms with E-state index in [4.69, 9.17) is 4.74 Å². The first-order chi connectivity index (χ1) is 9.73. The first-order valence-corrected chi connectivity index (χ1v) is 7.42. The molecule has 1 rings (SSSR count). The summed E-state index contributed by atoms with van der Waals surface area (Å²) >= 11 is 0. The number of hydrogen-bond donors (Lipinski definition) is 2. The number of amides is 1. The highest BCUT2D eigenvalue weighted by Gasteiger charge is 2.15. The standard InChI is InChI=1S/C17H28N2O2/c1-12-7-8-14(15(11-12)21-6)13(2)18-10-9-16(20)19-17(3,4)5/h7-8,11,13,18H,9-10H2,1-6H3,(H,19,20). The molecule has 21 heavy (non-hydrogen) atoms. The van der Waals surface area contributed by atoms with Gasteiger partial charge < -0.3 is 15.4 Å². The van der Waals surface area contributed by atoms with E-state index in [1.807, 2.05) is 33.8 Å². The maximum Gasteiger partial charge on any atom is 0.221 e. The number of methoxy groups -OCH3 is 1. The SMILES string of the molecule is COc1cc(C)ccc1C(C)NCCC(=O)NC(C)(C)C. The van der Waals surface area contributed by atoms with Gasteiger partial charge in [-0.15, -0.1) is 0 Å². The highest BCUT2D eigenvalue weighted by atomic mass is 16.5. The summed E-state index contributed by atoms with van der Waals surface area (Å²) in [7, 11) is 1.68. The van der Waals surface area contributed by atoms with E-state index >= 15 is 0 Å². The Morgan fingerprint density at radius 3 is 2.57 bits per heavy atom. The van der Waals surface area contributed by atoms with Crippen LogP contribution in [-0.2, 0) is 4.79 Å². The van der Waals surface area contributed by atoms with Crippen molar-refractivity contribution in [3.8, 4) is 5.75 Å². The van der Waals surface area contributed by atoms with Crippen molar-refractivity contribution in [2.75, 3.05) is 13.7 Å². The predicted molar refractivity (Wildman–Crippen MR) is 86.7 cm³/mol. The number of carbonyl (C=O) groups is 1. The average Bonchev–Trinajstić information content (AvgIpc) is 2.36. The van der Waals surface area contributed by atoms with E-state index in [-0.39, 0.29) is 17.5 Å². The summed E-state index contributed by atoms with van der Waals surface area (Å²) in [5.41, 5.74) is 2.11. The van der Waals surface area contributed by atoms with E-state index in [1.165, 1.54) is 5.56 Å². The molecule has 0 bridgehead atoms. The summed E-state index contributed by atoms with van der Waals surface area (Å²) < 4.78 is 5.42. The molecular weight excluding hydrogens is 264 g/mol. The van der Waals surface area contributed by atoms with Crippen LogP contribution in [0.5, 0.6) is 5.75 Å². The molecule has 4 nitrogen and oxygen atoms in total. The minimum Gasteiger partial charge on any atom is -0.496 e. The van der Waals surface area contributed by atoms with Crippen LogP contribution in [0, 0.1) is 6.92 Å². The molecule has 0 aromatic heterocycles. The van der Waals surface area contributed by atoms with Crippen molar-refractivity contribution in [3.63, 3.8) is 0 Å². The molecule has 0 aliphatic rings. The van der Waals surface area contributed by atoms with Crippen LogP contribution in [0.4, 0.5) is 0 Å². The third kappa shape index (κ3) is 6.17. The lowest BCUT2D eigenvalue weighted by Gasteiger charge is -2.21. The van der Waals surface area contributed by atoms with Crippen molar-refractivity contribution in [1.29, 1.82) is 0 Å². The van der Waals surface area contributed by atoms with Crippen molar-refractivity contribution in [2.45, 2.75) is 52.6 Å². The van der Waals surface area contributed by atoms with Crippen LogP contribution in [0.15, 0.2) is 18.2 Å². The van der Waals surface area contributed by atoms with Gasteiger partial charge in [0.15, 0.2) is 0 Å². The van der Waals surface area contributed by atoms with E-state index in [1.54, 1.807) is 7.11 Å². The highest BCUT2D eigenvalue weighted by molar-refractivity contribution is 5.76. The molecular formula is C17H28N2O2. The van der Waals surface area contributed by atoms with Gasteiger partial charge in [0.1, 0.15) is 5.75 Å². The molecule has 2 N–H and O–H groups in total. The fraction of sp³-hybridized carbons (Fsp3) is 0.588. The molecule has 4 heteroatoms. The van der Waals surface area contributed by atoms with Gasteiger partial charge in [0.05, 0.1) is 7.11 Å². The second-order valence-electron chi connectivity index (χ2n) is 6.47. The fourth-order valence-corrected chi connectivity index (χ4v) is 2.17. The van der Waals surface area contributed by atoms with Crippen LogP contribution in [0.1, 0.15) is 51.3 Å². The zero-order valence-corrected chi connectivity index (χ0v) is 14.0. The number of nitrogens with one attached hydrogen (secondary N) is 2. The van der Waals surface area contributed by atoms with Gasteiger partial charge in [-0.2, -0.15) is 0 Å². The largest absolute Gasteiger partial charge is 0.496 e. The normalized spacial score (nSPS) is 12.9. The Balaban J connectivity index is 2.51. The summed E-state index contributed by atoms with van der Waals surface area (Å²) in [6.45, 7) is 10.7. The second kappa shape index (κ2) is 7.46. The summed E-state index contributed by atoms with van der Waals surface area (Å²) in [6.07, 6.45) is 0.468. The molecule has 1 atom stereocenters. The van der Waals surface area contributed by atoms with Gasteiger partial charge >= 0.3 is 0 Å². The van der Waals surface area contributed by atoms with Crippen molar-refractivity contribution >= 4 is 5.91 Å². The third-order valence-electron chi connectivity index (χ3n) is 3.17. The molecule has 1 amide bonds. The lowest BCUT2D eigenvalue weighted by Crippen LogP contribution is -2.41. The molecule has 1 aromatic rings. The monoisotopic (exact) mass is 292 g/mol. The number of carbonyl (C=O) groups excluding carboxylic acids is 1. The van der Waals surface area contributed by atoms with E-state index in [0.717, 1.165) is 11.3 Å².